The lowest BCUT2D eigenvalue weighted by Crippen LogP contribution is -2.18. The Bertz CT molecular complexity index is 1360. The number of halogens is 3. The van der Waals surface area contributed by atoms with Crippen molar-refractivity contribution in [2.24, 2.45) is 0 Å². The summed E-state index contributed by atoms with van der Waals surface area (Å²) in [6, 6.07) is 9.95. The number of hydrogen-bond acceptors (Lipinski definition) is 5. The number of aryl methyl sites for hydroxylation is 2. The number of fused-ring (bicyclic) bond motifs is 1. The summed E-state index contributed by atoms with van der Waals surface area (Å²) in [6.45, 7) is 3.80. The molecule has 1 aromatic carbocycles. The Morgan fingerprint density at radius 2 is 1.73 bits per heavy atom. The molecule has 9 nitrogen and oxygen atoms in total. The second-order valence-corrected chi connectivity index (χ2v) is 7.10. The highest BCUT2D eigenvalue weighted by Crippen LogP contribution is 2.30. The normalized spacial score (nSPS) is 11.5. The van der Waals surface area contributed by atoms with Crippen LogP contribution in [0.15, 0.2) is 48.7 Å². The number of nitrogens with zero attached hydrogens (tertiary/aromatic N) is 5. The highest BCUT2D eigenvalue weighted by atomic mass is 19.4. The fraction of sp³-hybridized carbons (Fsp3) is 0.190. The van der Waals surface area contributed by atoms with Crippen LogP contribution in [0.25, 0.3) is 5.65 Å². The standard InChI is InChI=1S/C21H18F3N7O2/c1-3-30-16(7-8-25-30)20(33)28-14-6-4-5-13(10-14)27-19(32)15-11-18-26-12(2)9-17(21(22,23)24)31(18)29-15/h4-11H,3H2,1-2H3,(H,27,32)(H,28,33). The number of benzene rings is 1. The molecule has 0 saturated heterocycles. The van der Waals surface area contributed by atoms with Crippen LogP contribution in [0.1, 0.15) is 39.3 Å². The van der Waals surface area contributed by atoms with Gasteiger partial charge in [-0.1, -0.05) is 6.07 Å². The third kappa shape index (κ3) is 4.54. The second-order valence-electron chi connectivity index (χ2n) is 7.10. The summed E-state index contributed by atoms with van der Waals surface area (Å²) in [5, 5.41) is 13.1. The van der Waals surface area contributed by atoms with Crippen molar-refractivity contribution >= 4 is 28.8 Å². The monoisotopic (exact) mass is 457 g/mol. The van der Waals surface area contributed by atoms with E-state index in [1.807, 2.05) is 6.92 Å². The van der Waals surface area contributed by atoms with E-state index < -0.39 is 17.8 Å². The van der Waals surface area contributed by atoms with Crippen molar-refractivity contribution in [3.8, 4) is 0 Å². The fourth-order valence-corrected chi connectivity index (χ4v) is 3.26. The quantitative estimate of drug-likeness (QED) is 0.475. The molecule has 12 heteroatoms. The maximum Gasteiger partial charge on any atom is 0.433 e. The van der Waals surface area contributed by atoms with Crippen molar-refractivity contribution < 1.29 is 22.8 Å². The lowest BCUT2D eigenvalue weighted by Gasteiger charge is -2.09. The molecule has 0 atom stereocenters. The molecule has 0 saturated carbocycles. The molecule has 0 aliphatic heterocycles. The van der Waals surface area contributed by atoms with Crippen LogP contribution in [-0.4, -0.2) is 36.2 Å². The molecule has 4 rings (SSSR count). The highest BCUT2D eigenvalue weighted by Gasteiger charge is 2.35. The zero-order valence-corrected chi connectivity index (χ0v) is 17.5. The van der Waals surface area contributed by atoms with Crippen molar-refractivity contribution in [1.29, 1.82) is 0 Å². The van der Waals surface area contributed by atoms with Gasteiger partial charge in [0.05, 0.1) is 0 Å². The molecular weight excluding hydrogens is 439 g/mol. The number of carbonyl (C=O) groups is 2. The maximum absolute atomic E-state index is 13.3. The first-order valence-electron chi connectivity index (χ1n) is 9.85. The summed E-state index contributed by atoms with van der Waals surface area (Å²) in [5.41, 5.74) is -0.109. The van der Waals surface area contributed by atoms with Crippen molar-refractivity contribution in [2.75, 3.05) is 10.6 Å². The predicted octanol–water partition coefficient (Wildman–Crippen LogP) is 3.78. The average molecular weight is 457 g/mol. The van der Waals surface area contributed by atoms with Gasteiger partial charge >= 0.3 is 6.18 Å². The Kier molecular flexibility index (Phi) is 5.58. The molecule has 0 aliphatic rings. The van der Waals surface area contributed by atoms with Crippen LogP contribution in [0.5, 0.6) is 0 Å². The number of alkyl halides is 3. The average Bonchev–Trinajstić information content (AvgIpc) is 3.39. The fourth-order valence-electron chi connectivity index (χ4n) is 3.26. The van der Waals surface area contributed by atoms with Crippen LogP contribution < -0.4 is 10.6 Å². The number of carbonyl (C=O) groups excluding carboxylic acids is 2. The maximum atomic E-state index is 13.3. The molecule has 4 aromatic rings. The molecule has 2 amide bonds. The lowest BCUT2D eigenvalue weighted by molar-refractivity contribution is -0.142. The molecule has 33 heavy (non-hydrogen) atoms. The first kappa shape index (κ1) is 22.0. The first-order chi connectivity index (χ1) is 15.7. The van der Waals surface area contributed by atoms with Gasteiger partial charge in [0.1, 0.15) is 11.4 Å². The Labute approximate surface area is 185 Å². The summed E-state index contributed by atoms with van der Waals surface area (Å²) < 4.78 is 42.1. The molecule has 0 bridgehead atoms. The molecule has 0 radical (unpaired) electrons. The topological polar surface area (TPSA) is 106 Å². The number of amides is 2. The van der Waals surface area contributed by atoms with Gasteiger partial charge in [-0.2, -0.15) is 23.4 Å². The van der Waals surface area contributed by atoms with Crippen molar-refractivity contribution in [1.82, 2.24) is 24.4 Å². The van der Waals surface area contributed by atoms with Crippen LogP contribution in [-0.2, 0) is 12.7 Å². The van der Waals surface area contributed by atoms with Gasteiger partial charge < -0.3 is 10.6 Å². The Morgan fingerprint density at radius 3 is 2.39 bits per heavy atom. The molecule has 3 aromatic heterocycles. The molecule has 170 valence electrons. The zero-order valence-electron chi connectivity index (χ0n) is 17.5. The summed E-state index contributed by atoms with van der Waals surface area (Å²) in [5.74, 6) is -1.10. The lowest BCUT2D eigenvalue weighted by atomic mass is 10.2. The largest absolute Gasteiger partial charge is 0.433 e. The van der Waals surface area contributed by atoms with Crippen molar-refractivity contribution in [3.63, 3.8) is 0 Å². The third-order valence-electron chi connectivity index (χ3n) is 4.71. The Hall–Kier alpha value is -4.22. The van der Waals surface area contributed by atoms with Crippen LogP contribution in [0.4, 0.5) is 24.5 Å². The number of aromatic nitrogens is 5. The zero-order chi connectivity index (χ0) is 23.8. The summed E-state index contributed by atoms with van der Waals surface area (Å²) in [6.07, 6.45) is -3.14. The molecule has 0 fully saturated rings. The van der Waals surface area contributed by atoms with E-state index in [9.17, 15) is 22.8 Å². The van der Waals surface area contributed by atoms with E-state index in [2.05, 4.69) is 25.8 Å². The Balaban J connectivity index is 1.55. The summed E-state index contributed by atoms with van der Waals surface area (Å²) in [4.78, 5) is 29.1. The van der Waals surface area contributed by atoms with Crippen LogP contribution in [0, 0.1) is 6.92 Å². The number of rotatable bonds is 5. The van der Waals surface area contributed by atoms with Gasteiger partial charge in [-0.05, 0) is 44.2 Å². The minimum atomic E-state index is -4.66. The third-order valence-corrected chi connectivity index (χ3v) is 4.71. The smallest absolute Gasteiger partial charge is 0.321 e. The predicted molar refractivity (Wildman–Crippen MR) is 113 cm³/mol. The van der Waals surface area contributed by atoms with Crippen molar-refractivity contribution in [2.45, 2.75) is 26.6 Å². The molecule has 0 unspecified atom stereocenters. The molecule has 2 N–H and O–H groups in total. The number of hydrogen-bond donors (Lipinski definition) is 2. The van der Waals surface area contributed by atoms with E-state index in [0.717, 1.165) is 6.07 Å². The van der Waals surface area contributed by atoms with Crippen LogP contribution in [0.3, 0.4) is 0 Å². The van der Waals surface area contributed by atoms with E-state index in [-0.39, 0.29) is 22.9 Å². The van der Waals surface area contributed by atoms with Gasteiger partial charge in [0, 0.05) is 35.9 Å². The van der Waals surface area contributed by atoms with Gasteiger partial charge in [0.15, 0.2) is 11.3 Å². The Morgan fingerprint density at radius 1 is 1.03 bits per heavy atom. The SMILES string of the molecule is CCn1nccc1C(=O)Nc1cccc(NC(=O)c2cc3nc(C)cc(C(F)(F)F)n3n2)c1. The summed E-state index contributed by atoms with van der Waals surface area (Å²) in [7, 11) is 0. The molecule has 0 aliphatic carbocycles. The van der Waals surface area contributed by atoms with E-state index in [1.165, 1.54) is 29.9 Å². The van der Waals surface area contributed by atoms with Crippen LogP contribution >= 0.6 is 0 Å². The van der Waals surface area contributed by atoms with Gasteiger partial charge in [0.2, 0.25) is 0 Å². The number of anilines is 2. The van der Waals surface area contributed by atoms with E-state index in [0.29, 0.717) is 28.1 Å². The van der Waals surface area contributed by atoms with Gasteiger partial charge in [0.25, 0.3) is 11.8 Å². The molecule has 0 spiro atoms. The first-order valence-corrected chi connectivity index (χ1v) is 9.85. The van der Waals surface area contributed by atoms with Crippen molar-refractivity contribution in [3.05, 3.63) is 71.4 Å². The van der Waals surface area contributed by atoms with Crippen LogP contribution in [0.2, 0.25) is 0 Å². The van der Waals surface area contributed by atoms with Gasteiger partial charge in [-0.3, -0.25) is 14.3 Å². The van der Waals surface area contributed by atoms with E-state index in [1.54, 1.807) is 24.3 Å². The van der Waals surface area contributed by atoms with Gasteiger partial charge in [-0.25, -0.2) is 9.50 Å². The van der Waals surface area contributed by atoms with E-state index in [4.69, 9.17) is 0 Å². The highest BCUT2D eigenvalue weighted by molar-refractivity contribution is 6.05. The van der Waals surface area contributed by atoms with Gasteiger partial charge in [-0.15, -0.1) is 0 Å². The molecule has 3 heterocycles. The minimum absolute atomic E-state index is 0.0963. The summed E-state index contributed by atoms with van der Waals surface area (Å²) >= 11 is 0. The second kappa shape index (κ2) is 8.37. The number of nitrogens with one attached hydrogen (secondary N) is 2. The van der Waals surface area contributed by atoms with E-state index >= 15 is 0 Å². The molecular formula is C21H18F3N7O2. The minimum Gasteiger partial charge on any atom is -0.321 e.